The monoisotopic (exact) mass is 423 g/mol. The van der Waals surface area contributed by atoms with E-state index in [0.29, 0.717) is 22.3 Å². The van der Waals surface area contributed by atoms with E-state index in [-0.39, 0.29) is 13.2 Å². The van der Waals surface area contributed by atoms with Crippen molar-refractivity contribution in [2.75, 3.05) is 0 Å². The lowest BCUT2D eigenvalue weighted by Crippen LogP contribution is -2.43. The number of aromatic nitrogens is 3. The van der Waals surface area contributed by atoms with Gasteiger partial charge in [-0.05, 0) is 48.5 Å². The first kappa shape index (κ1) is 19.5. The zero-order chi connectivity index (χ0) is 20.9. The summed E-state index contributed by atoms with van der Waals surface area (Å²) in [6.45, 7) is 0.128. The molecule has 3 N–H and O–H groups in total. The summed E-state index contributed by atoms with van der Waals surface area (Å²) in [5.41, 5.74) is 6.68. The maximum absolute atomic E-state index is 12.5. The molecule has 152 valence electrons. The maximum atomic E-state index is 12.5. The van der Waals surface area contributed by atoms with E-state index in [9.17, 15) is 9.59 Å². The number of aromatic amines is 1. The van der Waals surface area contributed by atoms with Crippen LogP contribution >= 0.6 is 11.6 Å². The van der Waals surface area contributed by atoms with Crippen LogP contribution in [0.15, 0.2) is 66.9 Å². The quantitative estimate of drug-likeness (QED) is 0.415. The lowest BCUT2D eigenvalue weighted by atomic mass is 10.3. The second kappa shape index (κ2) is 8.71. The van der Waals surface area contributed by atoms with Gasteiger partial charge in [-0.3, -0.25) is 20.4 Å². The third-order valence-corrected chi connectivity index (χ3v) is 4.63. The average Bonchev–Trinajstić information content (AvgIpc) is 3.41. The summed E-state index contributed by atoms with van der Waals surface area (Å²) in [6, 6.07) is 17.8. The predicted octanol–water partition coefficient (Wildman–Crippen LogP) is 3.06. The van der Waals surface area contributed by atoms with Crippen LogP contribution in [-0.4, -0.2) is 26.3 Å². The van der Waals surface area contributed by atoms with Crippen LogP contribution in [0.4, 0.5) is 0 Å². The molecule has 4 aromatic rings. The molecule has 0 bridgehead atoms. The van der Waals surface area contributed by atoms with Gasteiger partial charge in [0.15, 0.2) is 0 Å². The normalized spacial score (nSPS) is 10.7. The number of nitrogens with one attached hydrogen (secondary N) is 3. The van der Waals surface area contributed by atoms with Crippen LogP contribution in [0.5, 0.6) is 5.75 Å². The van der Waals surface area contributed by atoms with Crippen LogP contribution in [-0.2, 0) is 17.9 Å². The van der Waals surface area contributed by atoms with Gasteiger partial charge in [0.2, 0.25) is 0 Å². The molecule has 30 heavy (non-hydrogen) atoms. The van der Waals surface area contributed by atoms with E-state index in [2.05, 4.69) is 20.8 Å². The first-order valence-corrected chi connectivity index (χ1v) is 9.53. The number of hydrogen-bond donors (Lipinski definition) is 3. The lowest BCUT2D eigenvalue weighted by molar-refractivity contribution is -0.122. The fourth-order valence-corrected chi connectivity index (χ4v) is 3.07. The molecule has 4 rings (SSSR count). The number of fused-ring (bicyclic) bond motifs is 1. The summed E-state index contributed by atoms with van der Waals surface area (Å²) < 4.78 is 7.55. The molecular weight excluding hydrogens is 406 g/mol. The van der Waals surface area contributed by atoms with Crippen LogP contribution < -0.4 is 15.6 Å². The average molecular weight is 424 g/mol. The van der Waals surface area contributed by atoms with Crippen molar-refractivity contribution in [3.8, 4) is 5.75 Å². The molecule has 0 radical (unpaired) electrons. The van der Waals surface area contributed by atoms with Crippen LogP contribution in [0.2, 0.25) is 5.02 Å². The standard InChI is InChI=1S/C21H18ClN5O3/c22-14-7-9-15(10-8-14)30-13-19-24-16-4-1-2-6-18(16)27(19)12-20(28)25-26-21(29)17-5-3-11-23-17/h1-11,23H,12-13H2,(H,25,28)(H,26,29). The van der Waals surface area contributed by atoms with Crippen molar-refractivity contribution in [2.45, 2.75) is 13.2 Å². The van der Waals surface area contributed by atoms with E-state index in [4.69, 9.17) is 16.3 Å². The van der Waals surface area contributed by atoms with Gasteiger partial charge in [0.1, 0.15) is 30.4 Å². The third-order valence-electron chi connectivity index (χ3n) is 4.37. The molecule has 2 aromatic carbocycles. The molecule has 0 saturated heterocycles. The Hall–Kier alpha value is -3.78. The zero-order valence-corrected chi connectivity index (χ0v) is 16.5. The van der Waals surface area contributed by atoms with Crippen molar-refractivity contribution >= 4 is 34.4 Å². The van der Waals surface area contributed by atoms with Gasteiger partial charge in [-0.2, -0.15) is 0 Å². The number of carbonyl (C=O) groups excluding carboxylic acids is 2. The number of halogens is 1. The van der Waals surface area contributed by atoms with Crippen molar-refractivity contribution in [3.63, 3.8) is 0 Å². The molecule has 2 aromatic heterocycles. The maximum Gasteiger partial charge on any atom is 0.286 e. The first-order valence-electron chi connectivity index (χ1n) is 9.15. The SMILES string of the molecule is O=C(Cn1c(COc2ccc(Cl)cc2)nc2ccccc21)NNC(=O)c1ccc[nH]1. The largest absolute Gasteiger partial charge is 0.486 e. The van der Waals surface area contributed by atoms with Gasteiger partial charge in [-0.15, -0.1) is 0 Å². The van der Waals surface area contributed by atoms with E-state index in [1.54, 1.807) is 47.2 Å². The molecule has 0 fully saturated rings. The summed E-state index contributed by atoms with van der Waals surface area (Å²) in [5, 5.41) is 0.618. The topological polar surface area (TPSA) is 101 Å². The molecule has 0 aliphatic rings. The molecule has 0 aliphatic carbocycles. The van der Waals surface area contributed by atoms with Crippen molar-refractivity contribution in [1.29, 1.82) is 0 Å². The Bertz CT molecular complexity index is 1170. The predicted molar refractivity (Wildman–Crippen MR) is 112 cm³/mol. The summed E-state index contributed by atoms with van der Waals surface area (Å²) in [4.78, 5) is 31.8. The molecule has 2 amide bonds. The number of hydrazine groups is 1. The molecule has 8 nitrogen and oxygen atoms in total. The molecule has 2 heterocycles. The van der Waals surface area contributed by atoms with Gasteiger partial charge >= 0.3 is 0 Å². The molecule has 0 saturated carbocycles. The minimum absolute atomic E-state index is 0.0369. The highest BCUT2D eigenvalue weighted by molar-refractivity contribution is 6.30. The third kappa shape index (κ3) is 4.44. The molecule has 0 unspecified atom stereocenters. The van der Waals surface area contributed by atoms with E-state index in [1.165, 1.54) is 0 Å². The number of nitrogens with zero attached hydrogens (tertiary/aromatic N) is 2. The summed E-state index contributed by atoms with van der Waals surface area (Å²) in [6.07, 6.45) is 1.63. The number of imidazole rings is 1. The Balaban J connectivity index is 1.47. The van der Waals surface area contributed by atoms with Crippen molar-refractivity contribution < 1.29 is 14.3 Å². The second-order valence-corrected chi connectivity index (χ2v) is 6.87. The van der Waals surface area contributed by atoms with Crippen molar-refractivity contribution in [3.05, 3.63) is 83.4 Å². The van der Waals surface area contributed by atoms with Crippen LogP contribution in [0.3, 0.4) is 0 Å². The van der Waals surface area contributed by atoms with Gasteiger partial charge < -0.3 is 14.3 Å². The van der Waals surface area contributed by atoms with Crippen LogP contribution in [0.25, 0.3) is 11.0 Å². The minimum atomic E-state index is -0.435. The summed E-state index contributed by atoms with van der Waals surface area (Å²) in [5.74, 6) is 0.388. The number of hydrogen-bond acceptors (Lipinski definition) is 4. The number of ether oxygens (including phenoxy) is 1. The van der Waals surface area contributed by atoms with Gasteiger partial charge in [0, 0.05) is 11.2 Å². The number of para-hydroxylation sites is 2. The highest BCUT2D eigenvalue weighted by Gasteiger charge is 2.15. The Morgan fingerprint density at radius 1 is 1.03 bits per heavy atom. The highest BCUT2D eigenvalue weighted by Crippen LogP contribution is 2.20. The Morgan fingerprint density at radius 3 is 2.60 bits per heavy atom. The van der Waals surface area contributed by atoms with E-state index in [1.807, 2.05) is 24.3 Å². The molecule has 0 aliphatic heterocycles. The van der Waals surface area contributed by atoms with Gasteiger partial charge in [-0.1, -0.05) is 23.7 Å². The number of amides is 2. The highest BCUT2D eigenvalue weighted by atomic mass is 35.5. The zero-order valence-electron chi connectivity index (χ0n) is 15.8. The van der Waals surface area contributed by atoms with Crippen LogP contribution in [0.1, 0.15) is 16.3 Å². The Morgan fingerprint density at radius 2 is 1.83 bits per heavy atom. The van der Waals surface area contributed by atoms with Crippen LogP contribution in [0, 0.1) is 0 Å². The van der Waals surface area contributed by atoms with Gasteiger partial charge in [-0.25, -0.2) is 4.98 Å². The lowest BCUT2D eigenvalue weighted by Gasteiger charge is -2.11. The fraction of sp³-hybridized carbons (Fsp3) is 0.0952. The molecular formula is C21H18ClN5O3. The molecule has 9 heteroatoms. The Kier molecular flexibility index (Phi) is 5.67. The number of benzene rings is 2. The van der Waals surface area contributed by atoms with Gasteiger partial charge in [0.05, 0.1) is 11.0 Å². The summed E-state index contributed by atoms with van der Waals surface area (Å²) >= 11 is 5.90. The van der Waals surface area contributed by atoms with Crippen molar-refractivity contribution in [1.82, 2.24) is 25.4 Å². The van der Waals surface area contributed by atoms with E-state index in [0.717, 1.165) is 11.0 Å². The molecule has 0 spiro atoms. The van der Waals surface area contributed by atoms with Crippen molar-refractivity contribution in [2.24, 2.45) is 0 Å². The number of H-pyrrole nitrogens is 1. The minimum Gasteiger partial charge on any atom is -0.486 e. The van der Waals surface area contributed by atoms with E-state index < -0.39 is 11.8 Å². The smallest absolute Gasteiger partial charge is 0.286 e. The number of carbonyl (C=O) groups is 2. The van der Waals surface area contributed by atoms with E-state index >= 15 is 0 Å². The Labute approximate surface area is 176 Å². The number of rotatable bonds is 6. The second-order valence-electron chi connectivity index (χ2n) is 6.43. The summed E-state index contributed by atoms with van der Waals surface area (Å²) in [7, 11) is 0. The first-order chi connectivity index (χ1) is 14.6. The van der Waals surface area contributed by atoms with Gasteiger partial charge in [0.25, 0.3) is 11.8 Å². The molecule has 0 atom stereocenters. The fourth-order valence-electron chi connectivity index (χ4n) is 2.94.